The number of halogens is 1. The van der Waals surface area contributed by atoms with E-state index in [1.165, 1.54) is 6.07 Å². The van der Waals surface area contributed by atoms with Crippen LogP contribution in [-0.2, 0) is 11.3 Å². The number of hydrogen-bond donors (Lipinski definition) is 1. The van der Waals surface area contributed by atoms with E-state index in [0.29, 0.717) is 37.1 Å². The third kappa shape index (κ3) is 3.22. The molecule has 1 aliphatic heterocycles. The second-order valence-corrected chi connectivity index (χ2v) is 5.67. The number of rotatable bonds is 4. The Morgan fingerprint density at radius 2 is 2.33 bits per heavy atom. The maximum atomic E-state index is 13.9. The lowest BCUT2D eigenvalue weighted by atomic mass is 9.77. The lowest BCUT2D eigenvalue weighted by molar-refractivity contribution is -0.153. The van der Waals surface area contributed by atoms with Gasteiger partial charge in [-0.25, -0.2) is 4.39 Å². The first-order valence-corrected chi connectivity index (χ1v) is 7.15. The van der Waals surface area contributed by atoms with E-state index in [2.05, 4.69) is 0 Å². The zero-order valence-electron chi connectivity index (χ0n) is 12.1. The van der Waals surface area contributed by atoms with Gasteiger partial charge in [0, 0.05) is 18.7 Å². The first-order valence-electron chi connectivity index (χ1n) is 7.15. The number of nitrogens with zero attached hydrogens (tertiary/aromatic N) is 2. The van der Waals surface area contributed by atoms with E-state index in [4.69, 9.17) is 5.26 Å². The number of carbonyl (C=O) groups is 1. The van der Waals surface area contributed by atoms with Gasteiger partial charge in [0.25, 0.3) is 0 Å². The van der Waals surface area contributed by atoms with E-state index in [-0.39, 0.29) is 0 Å². The summed E-state index contributed by atoms with van der Waals surface area (Å²) >= 11 is 0. The van der Waals surface area contributed by atoms with Gasteiger partial charge in [-0.2, -0.15) is 5.26 Å². The molecule has 0 saturated carbocycles. The Labute approximate surface area is 123 Å². The van der Waals surface area contributed by atoms with Crippen LogP contribution in [0.25, 0.3) is 0 Å². The molecule has 1 unspecified atom stereocenters. The molecule has 1 atom stereocenters. The molecule has 1 aromatic rings. The van der Waals surface area contributed by atoms with Crippen LogP contribution in [0.2, 0.25) is 0 Å². The van der Waals surface area contributed by atoms with E-state index in [0.717, 1.165) is 13.0 Å². The molecular weight excluding hydrogens is 271 g/mol. The predicted molar refractivity (Wildman–Crippen MR) is 76.0 cm³/mol. The number of aliphatic carboxylic acids is 1. The number of likely N-dealkylation sites (tertiary alicyclic amines) is 1. The van der Waals surface area contributed by atoms with Gasteiger partial charge < -0.3 is 5.11 Å². The van der Waals surface area contributed by atoms with Gasteiger partial charge in [0.1, 0.15) is 5.82 Å². The van der Waals surface area contributed by atoms with Crippen LogP contribution in [0.15, 0.2) is 18.2 Å². The second-order valence-electron chi connectivity index (χ2n) is 5.67. The molecule has 4 nitrogen and oxygen atoms in total. The van der Waals surface area contributed by atoms with Crippen molar-refractivity contribution in [2.24, 2.45) is 5.41 Å². The van der Waals surface area contributed by atoms with Crippen LogP contribution in [0, 0.1) is 22.6 Å². The molecule has 1 fully saturated rings. The standard InChI is InChI=1S/C16H19FN2O2/c1-2-16(15(20)21)6-3-7-19(11-16)10-13-5-4-12(9-18)8-14(13)17/h4-5,8H,2-3,6-7,10-11H2,1H3,(H,20,21). The van der Waals surface area contributed by atoms with Gasteiger partial charge >= 0.3 is 5.97 Å². The quantitative estimate of drug-likeness (QED) is 0.926. The Kier molecular flexibility index (Phi) is 4.59. The van der Waals surface area contributed by atoms with Crippen molar-refractivity contribution in [2.75, 3.05) is 13.1 Å². The summed E-state index contributed by atoms with van der Waals surface area (Å²) in [7, 11) is 0. The number of benzene rings is 1. The molecule has 0 aromatic heterocycles. The highest BCUT2D eigenvalue weighted by Gasteiger charge is 2.40. The average Bonchev–Trinajstić information content (AvgIpc) is 2.49. The molecule has 1 aliphatic rings. The van der Waals surface area contributed by atoms with Crippen LogP contribution >= 0.6 is 0 Å². The molecule has 112 valence electrons. The van der Waals surface area contributed by atoms with E-state index >= 15 is 0 Å². The van der Waals surface area contributed by atoms with E-state index < -0.39 is 17.2 Å². The Morgan fingerprint density at radius 1 is 1.57 bits per heavy atom. The second kappa shape index (κ2) is 6.23. The zero-order chi connectivity index (χ0) is 15.5. The highest BCUT2D eigenvalue weighted by Crippen LogP contribution is 2.34. The van der Waals surface area contributed by atoms with Crippen molar-refractivity contribution in [1.82, 2.24) is 4.90 Å². The monoisotopic (exact) mass is 290 g/mol. The summed E-state index contributed by atoms with van der Waals surface area (Å²) < 4.78 is 13.9. The van der Waals surface area contributed by atoms with Crippen molar-refractivity contribution in [3.05, 3.63) is 35.1 Å². The third-order valence-corrected chi connectivity index (χ3v) is 4.36. The molecule has 0 spiro atoms. The molecule has 0 bridgehead atoms. The molecule has 2 rings (SSSR count). The van der Waals surface area contributed by atoms with Crippen molar-refractivity contribution < 1.29 is 14.3 Å². The van der Waals surface area contributed by atoms with E-state index in [1.54, 1.807) is 12.1 Å². The first kappa shape index (κ1) is 15.5. The zero-order valence-corrected chi connectivity index (χ0v) is 12.1. The third-order valence-electron chi connectivity index (χ3n) is 4.36. The Balaban J connectivity index is 2.13. The molecule has 1 aromatic carbocycles. The molecule has 0 amide bonds. The van der Waals surface area contributed by atoms with Gasteiger partial charge in [-0.1, -0.05) is 13.0 Å². The highest BCUT2D eigenvalue weighted by molar-refractivity contribution is 5.75. The Morgan fingerprint density at radius 3 is 2.90 bits per heavy atom. The maximum absolute atomic E-state index is 13.9. The average molecular weight is 290 g/mol. The minimum atomic E-state index is -0.769. The maximum Gasteiger partial charge on any atom is 0.310 e. The summed E-state index contributed by atoms with van der Waals surface area (Å²) in [4.78, 5) is 13.5. The fourth-order valence-electron chi connectivity index (χ4n) is 2.96. The number of carboxylic acids is 1. The number of piperidine rings is 1. The number of nitriles is 1. The molecule has 1 saturated heterocycles. The first-order chi connectivity index (χ1) is 10.0. The van der Waals surface area contributed by atoms with Crippen molar-refractivity contribution in [1.29, 1.82) is 5.26 Å². The van der Waals surface area contributed by atoms with E-state index in [9.17, 15) is 14.3 Å². The summed E-state index contributed by atoms with van der Waals surface area (Å²) in [6.45, 7) is 3.49. The van der Waals surface area contributed by atoms with Crippen LogP contribution in [0.4, 0.5) is 4.39 Å². The molecule has 1 heterocycles. The normalized spacial score (nSPS) is 22.7. The van der Waals surface area contributed by atoms with Gasteiger partial charge in [-0.15, -0.1) is 0 Å². The van der Waals surface area contributed by atoms with Gasteiger partial charge in [-0.05, 0) is 37.9 Å². The van der Waals surface area contributed by atoms with Crippen molar-refractivity contribution in [3.8, 4) is 6.07 Å². The predicted octanol–water partition coefficient (Wildman–Crippen LogP) is 2.77. The number of hydrogen-bond acceptors (Lipinski definition) is 3. The van der Waals surface area contributed by atoms with Crippen LogP contribution in [0.5, 0.6) is 0 Å². The lowest BCUT2D eigenvalue weighted by Crippen LogP contribution is -2.47. The highest BCUT2D eigenvalue weighted by atomic mass is 19.1. The largest absolute Gasteiger partial charge is 0.481 e. The minimum Gasteiger partial charge on any atom is -0.481 e. The fourth-order valence-corrected chi connectivity index (χ4v) is 2.96. The molecular formula is C16H19FN2O2. The minimum absolute atomic E-state index is 0.295. The lowest BCUT2D eigenvalue weighted by Gasteiger charge is -2.39. The smallest absolute Gasteiger partial charge is 0.310 e. The molecule has 0 radical (unpaired) electrons. The van der Waals surface area contributed by atoms with Crippen LogP contribution in [-0.4, -0.2) is 29.1 Å². The fraction of sp³-hybridized carbons (Fsp3) is 0.500. The Bertz CT molecular complexity index is 582. The summed E-state index contributed by atoms with van der Waals surface area (Å²) in [5, 5.41) is 18.2. The summed E-state index contributed by atoms with van der Waals surface area (Å²) in [6, 6.07) is 6.33. The van der Waals surface area contributed by atoms with Crippen molar-refractivity contribution in [2.45, 2.75) is 32.7 Å². The van der Waals surface area contributed by atoms with Crippen LogP contribution in [0.1, 0.15) is 37.3 Å². The Hall–Kier alpha value is -1.93. The summed E-state index contributed by atoms with van der Waals surface area (Å²) in [6.07, 6.45) is 2.05. The SMILES string of the molecule is CCC1(C(=O)O)CCCN(Cc2ccc(C#N)cc2F)C1. The van der Waals surface area contributed by atoms with Crippen LogP contribution in [0.3, 0.4) is 0 Å². The molecule has 1 N–H and O–H groups in total. The summed E-state index contributed by atoms with van der Waals surface area (Å²) in [5.74, 6) is -1.17. The molecule has 0 aliphatic carbocycles. The van der Waals surface area contributed by atoms with E-state index in [1.807, 2.05) is 17.9 Å². The topological polar surface area (TPSA) is 64.3 Å². The van der Waals surface area contributed by atoms with Crippen molar-refractivity contribution >= 4 is 5.97 Å². The van der Waals surface area contributed by atoms with Gasteiger partial charge in [0.15, 0.2) is 0 Å². The number of carboxylic acid groups (broad SMARTS) is 1. The van der Waals surface area contributed by atoms with Gasteiger partial charge in [-0.3, -0.25) is 9.69 Å². The molecule has 5 heteroatoms. The van der Waals surface area contributed by atoms with Gasteiger partial charge in [0.2, 0.25) is 0 Å². The summed E-state index contributed by atoms with van der Waals surface area (Å²) in [5.41, 5.74) is 0.0797. The van der Waals surface area contributed by atoms with Crippen molar-refractivity contribution in [3.63, 3.8) is 0 Å². The van der Waals surface area contributed by atoms with Crippen LogP contribution < -0.4 is 0 Å². The molecule has 21 heavy (non-hydrogen) atoms. The van der Waals surface area contributed by atoms with Gasteiger partial charge in [0.05, 0.1) is 17.0 Å².